The summed E-state index contributed by atoms with van der Waals surface area (Å²) in [6.07, 6.45) is 0.841. The van der Waals surface area contributed by atoms with Gasteiger partial charge in [0.2, 0.25) is 0 Å². The highest BCUT2D eigenvalue weighted by atomic mass is 32.2. The van der Waals surface area contributed by atoms with E-state index in [1.807, 2.05) is 12.1 Å². The van der Waals surface area contributed by atoms with Crippen molar-refractivity contribution in [3.8, 4) is 11.8 Å². The van der Waals surface area contributed by atoms with Crippen LogP contribution in [0.15, 0.2) is 65.7 Å². The number of nitrogens with zero attached hydrogens (tertiary/aromatic N) is 2. The van der Waals surface area contributed by atoms with Crippen LogP contribution in [0.5, 0.6) is 11.8 Å². The number of benzene rings is 2. The Morgan fingerprint density at radius 2 is 1.78 bits per heavy atom. The number of hydrogen-bond donors (Lipinski definition) is 1. The third kappa shape index (κ3) is 4.50. The van der Waals surface area contributed by atoms with Gasteiger partial charge in [0.25, 0.3) is 10.0 Å². The van der Waals surface area contributed by atoms with Gasteiger partial charge in [0.1, 0.15) is 12.4 Å². The van der Waals surface area contributed by atoms with E-state index in [-0.39, 0.29) is 17.5 Å². The maximum Gasteiger partial charge on any atom is 0.318 e. The zero-order chi connectivity index (χ0) is 19.3. The summed E-state index contributed by atoms with van der Waals surface area (Å²) in [5.74, 6) is -0.798. The molecular formula is C18H16FN3O4S. The van der Waals surface area contributed by atoms with E-state index in [0.717, 1.165) is 11.8 Å². The molecule has 7 nitrogen and oxygen atoms in total. The summed E-state index contributed by atoms with van der Waals surface area (Å²) in [5, 5.41) is 0. The van der Waals surface area contributed by atoms with Crippen LogP contribution in [-0.2, 0) is 16.6 Å². The molecule has 3 aromatic rings. The first-order valence-electron chi connectivity index (χ1n) is 7.85. The van der Waals surface area contributed by atoms with Gasteiger partial charge in [-0.1, -0.05) is 36.4 Å². The molecule has 0 radical (unpaired) electrons. The van der Waals surface area contributed by atoms with Crippen molar-refractivity contribution >= 4 is 15.8 Å². The van der Waals surface area contributed by atoms with Gasteiger partial charge in [0.15, 0.2) is 11.6 Å². The molecule has 0 atom stereocenters. The summed E-state index contributed by atoms with van der Waals surface area (Å²) in [7, 11) is -2.45. The third-order valence-electron chi connectivity index (χ3n) is 3.56. The number of sulfonamides is 1. The second-order valence-corrected chi connectivity index (χ2v) is 7.05. The third-order valence-corrected chi connectivity index (χ3v) is 4.91. The van der Waals surface area contributed by atoms with Crippen LogP contribution in [0.4, 0.5) is 10.2 Å². The topological polar surface area (TPSA) is 90.4 Å². The molecule has 1 N–H and O–H groups in total. The molecule has 0 amide bonds. The number of rotatable bonds is 7. The largest absolute Gasteiger partial charge is 0.496 e. The van der Waals surface area contributed by atoms with Crippen molar-refractivity contribution in [3.05, 3.63) is 72.2 Å². The van der Waals surface area contributed by atoms with Crippen molar-refractivity contribution in [1.29, 1.82) is 0 Å². The highest BCUT2D eigenvalue weighted by Crippen LogP contribution is 2.21. The predicted octanol–water partition coefficient (Wildman–Crippen LogP) is 3.00. The zero-order valence-corrected chi connectivity index (χ0v) is 15.1. The molecule has 1 aromatic heterocycles. The molecule has 0 saturated heterocycles. The first kappa shape index (κ1) is 18.6. The number of halogens is 1. The summed E-state index contributed by atoms with van der Waals surface area (Å²) < 4.78 is 51.4. The summed E-state index contributed by atoms with van der Waals surface area (Å²) in [5.41, 5.74) is 0.736. The Hall–Kier alpha value is -3.20. The average molecular weight is 389 g/mol. The fourth-order valence-corrected chi connectivity index (χ4v) is 3.27. The summed E-state index contributed by atoms with van der Waals surface area (Å²) in [6.45, 7) is 0.0700. The minimum Gasteiger partial charge on any atom is -0.496 e. The fourth-order valence-electron chi connectivity index (χ4n) is 2.24. The van der Waals surface area contributed by atoms with E-state index in [1.165, 1.54) is 19.2 Å². The van der Waals surface area contributed by atoms with Crippen molar-refractivity contribution in [2.75, 3.05) is 11.8 Å². The zero-order valence-electron chi connectivity index (χ0n) is 14.3. The number of nitrogens with one attached hydrogen (secondary N) is 1. The number of ether oxygens (including phenoxy) is 2. The summed E-state index contributed by atoms with van der Waals surface area (Å²) in [4.78, 5) is 7.53. The van der Waals surface area contributed by atoms with Gasteiger partial charge in [-0.15, -0.1) is 0 Å². The highest BCUT2D eigenvalue weighted by Gasteiger charge is 2.18. The van der Waals surface area contributed by atoms with Gasteiger partial charge in [0.05, 0.1) is 18.2 Å². The lowest BCUT2D eigenvalue weighted by atomic mass is 10.2. The maximum absolute atomic E-state index is 14.0. The van der Waals surface area contributed by atoms with E-state index in [1.54, 1.807) is 30.3 Å². The molecule has 0 fully saturated rings. The van der Waals surface area contributed by atoms with Gasteiger partial charge >= 0.3 is 6.01 Å². The van der Waals surface area contributed by atoms with Crippen molar-refractivity contribution < 1.29 is 22.3 Å². The first-order chi connectivity index (χ1) is 13.0. The van der Waals surface area contributed by atoms with Crippen LogP contribution in [0.3, 0.4) is 0 Å². The molecule has 0 aliphatic heterocycles. The van der Waals surface area contributed by atoms with Crippen molar-refractivity contribution in [2.24, 2.45) is 0 Å². The van der Waals surface area contributed by atoms with Crippen molar-refractivity contribution in [2.45, 2.75) is 11.5 Å². The van der Waals surface area contributed by atoms with E-state index in [9.17, 15) is 12.8 Å². The monoisotopic (exact) mass is 389 g/mol. The van der Waals surface area contributed by atoms with Crippen molar-refractivity contribution in [3.63, 3.8) is 0 Å². The van der Waals surface area contributed by atoms with Gasteiger partial charge in [-0.3, -0.25) is 4.72 Å². The number of methoxy groups -OCH3 is 1. The molecule has 3 rings (SSSR count). The molecule has 1 heterocycles. The molecule has 0 aliphatic carbocycles. The molecule has 0 bridgehead atoms. The second kappa shape index (κ2) is 8.00. The molecule has 0 spiro atoms. The molecule has 0 saturated carbocycles. The van der Waals surface area contributed by atoms with E-state index in [2.05, 4.69) is 14.7 Å². The van der Waals surface area contributed by atoms with Crippen molar-refractivity contribution in [1.82, 2.24) is 9.97 Å². The van der Waals surface area contributed by atoms with Crippen LogP contribution in [-0.4, -0.2) is 25.5 Å². The Morgan fingerprint density at radius 3 is 2.52 bits per heavy atom. The Kier molecular flexibility index (Phi) is 5.51. The number of para-hydroxylation sites is 1. The standard InChI is InChI=1S/C18H16FN3O4S/c1-25-16-10-6-5-7-13(16)12-26-18-20-11-15(19)17(21-18)22-27(23,24)14-8-3-2-4-9-14/h2-11H,12H2,1H3,(H,20,21,22). The maximum atomic E-state index is 14.0. The lowest BCUT2D eigenvalue weighted by Gasteiger charge is -2.11. The second-order valence-electron chi connectivity index (χ2n) is 5.37. The molecule has 2 aromatic carbocycles. The summed E-state index contributed by atoms with van der Waals surface area (Å²) in [6, 6.07) is 14.6. The van der Waals surface area contributed by atoms with Crippen LogP contribution in [0.25, 0.3) is 0 Å². The minimum atomic E-state index is -3.99. The van der Waals surface area contributed by atoms with Crippen LogP contribution in [0.2, 0.25) is 0 Å². The summed E-state index contributed by atoms with van der Waals surface area (Å²) >= 11 is 0. The smallest absolute Gasteiger partial charge is 0.318 e. The van der Waals surface area contributed by atoms with E-state index < -0.39 is 21.7 Å². The van der Waals surface area contributed by atoms with Crippen LogP contribution in [0, 0.1) is 5.82 Å². The van der Waals surface area contributed by atoms with E-state index in [0.29, 0.717) is 5.75 Å². The fraction of sp³-hybridized carbons (Fsp3) is 0.111. The van der Waals surface area contributed by atoms with Gasteiger partial charge < -0.3 is 9.47 Å². The molecule has 140 valence electrons. The predicted molar refractivity (Wildman–Crippen MR) is 96.6 cm³/mol. The number of hydrogen-bond acceptors (Lipinski definition) is 6. The molecule has 27 heavy (non-hydrogen) atoms. The van der Waals surface area contributed by atoms with Crippen LogP contribution in [0.1, 0.15) is 5.56 Å². The quantitative estimate of drug-likeness (QED) is 0.668. The Balaban J connectivity index is 1.78. The minimum absolute atomic E-state index is 0.0143. The molecule has 9 heteroatoms. The SMILES string of the molecule is COc1ccccc1COc1ncc(F)c(NS(=O)(=O)c2ccccc2)n1. The Morgan fingerprint density at radius 1 is 1.07 bits per heavy atom. The lowest BCUT2D eigenvalue weighted by molar-refractivity contribution is 0.273. The Labute approximate surface area is 155 Å². The molecule has 0 aliphatic rings. The van der Waals surface area contributed by atoms with Gasteiger partial charge in [-0.05, 0) is 18.2 Å². The number of aromatic nitrogens is 2. The average Bonchev–Trinajstić information content (AvgIpc) is 2.69. The molecule has 0 unspecified atom stereocenters. The lowest BCUT2D eigenvalue weighted by Crippen LogP contribution is -2.15. The van der Waals surface area contributed by atoms with Crippen LogP contribution < -0.4 is 14.2 Å². The molecular weight excluding hydrogens is 373 g/mol. The van der Waals surface area contributed by atoms with Gasteiger partial charge in [0, 0.05) is 5.56 Å². The van der Waals surface area contributed by atoms with Gasteiger partial charge in [-0.25, -0.2) is 17.8 Å². The van der Waals surface area contributed by atoms with Crippen LogP contribution >= 0.6 is 0 Å². The van der Waals surface area contributed by atoms with Gasteiger partial charge in [-0.2, -0.15) is 4.98 Å². The number of anilines is 1. The Bertz CT molecular complexity index is 1030. The van der Waals surface area contributed by atoms with E-state index in [4.69, 9.17) is 9.47 Å². The normalized spacial score (nSPS) is 11.0. The first-order valence-corrected chi connectivity index (χ1v) is 9.33. The highest BCUT2D eigenvalue weighted by molar-refractivity contribution is 7.92. The van der Waals surface area contributed by atoms with E-state index >= 15 is 0 Å².